The maximum atomic E-state index is 11.4. The van der Waals surface area contributed by atoms with Crippen LogP contribution in [0.2, 0.25) is 0 Å². The van der Waals surface area contributed by atoms with E-state index in [0.717, 1.165) is 9.90 Å². The van der Waals surface area contributed by atoms with Crippen molar-refractivity contribution in [3.63, 3.8) is 0 Å². The van der Waals surface area contributed by atoms with Gasteiger partial charge in [-0.1, -0.05) is 18.2 Å². The van der Waals surface area contributed by atoms with E-state index < -0.39 is 0 Å². The zero-order valence-electron chi connectivity index (χ0n) is 11.3. The van der Waals surface area contributed by atoms with Crippen molar-refractivity contribution in [3.05, 3.63) is 29.1 Å². The average Bonchev–Trinajstić information content (AvgIpc) is 2.73. The van der Waals surface area contributed by atoms with Crippen LogP contribution in [0.1, 0.15) is 25.6 Å². The molecule has 6 heteroatoms. The van der Waals surface area contributed by atoms with Crippen LogP contribution in [0, 0.1) is 0 Å². The summed E-state index contributed by atoms with van der Waals surface area (Å²) in [6.45, 7) is 6.00. The lowest BCUT2D eigenvalue weighted by Crippen LogP contribution is -3.00. The highest BCUT2D eigenvalue weighted by atomic mass is 35.5. The van der Waals surface area contributed by atoms with Crippen LogP contribution in [0.5, 0.6) is 0 Å². The Balaban J connectivity index is 0.00000147. The van der Waals surface area contributed by atoms with E-state index in [1.165, 1.54) is 27.8 Å². The first kappa shape index (κ1) is 15.8. The van der Waals surface area contributed by atoms with Crippen molar-refractivity contribution >= 4 is 43.2 Å². The van der Waals surface area contributed by atoms with Gasteiger partial charge >= 0.3 is 10.3 Å². The van der Waals surface area contributed by atoms with E-state index in [1.54, 1.807) is 27.6 Å². The molecule has 1 aliphatic rings. The molecule has 0 saturated heterocycles. The third-order valence-corrected chi connectivity index (χ3v) is 7.14. The molecule has 20 heavy (non-hydrogen) atoms. The predicted molar refractivity (Wildman–Crippen MR) is 85.2 cm³/mol. The smallest absolute Gasteiger partial charge is 0.309 e. The molecule has 1 aliphatic heterocycles. The van der Waals surface area contributed by atoms with Gasteiger partial charge in [0.2, 0.25) is 0 Å². The summed E-state index contributed by atoms with van der Waals surface area (Å²) in [6.07, 6.45) is 0. The summed E-state index contributed by atoms with van der Waals surface area (Å²) < 4.78 is 1.12. The molecule has 0 bridgehead atoms. The van der Waals surface area contributed by atoms with E-state index in [2.05, 4.69) is 31.3 Å². The van der Waals surface area contributed by atoms with Gasteiger partial charge in [0.15, 0.2) is 15.5 Å². The van der Waals surface area contributed by atoms with Crippen molar-refractivity contribution in [2.75, 3.05) is 5.32 Å². The highest BCUT2D eigenvalue weighted by Gasteiger charge is 2.40. The summed E-state index contributed by atoms with van der Waals surface area (Å²) in [5.74, 6) is 0. The molecule has 2 aromatic rings. The molecule has 0 atom stereocenters. The van der Waals surface area contributed by atoms with E-state index in [0.29, 0.717) is 0 Å². The summed E-state index contributed by atoms with van der Waals surface area (Å²) in [5.41, 5.74) is 3.52. The fourth-order valence-corrected chi connectivity index (χ4v) is 6.72. The monoisotopic (exact) mass is 343 g/mol. The average molecular weight is 344 g/mol. The zero-order valence-corrected chi connectivity index (χ0v) is 14.5. The van der Waals surface area contributed by atoms with Crippen LogP contribution in [-0.2, 0) is 10.3 Å². The van der Waals surface area contributed by atoms with E-state index in [-0.39, 0.29) is 23.1 Å². The van der Waals surface area contributed by atoms with Crippen LogP contribution in [0.4, 0.5) is 5.69 Å². The zero-order chi connectivity index (χ0) is 13.6. The summed E-state index contributed by atoms with van der Waals surface area (Å²) in [4.78, 5) is 12.7. The Bertz CT molecular complexity index is 666. The number of hydrogen-bond acceptors (Lipinski definition) is 4. The first-order valence-corrected chi connectivity index (χ1v) is 8.98. The fourth-order valence-electron chi connectivity index (χ4n) is 2.31. The maximum absolute atomic E-state index is 11.4. The lowest BCUT2D eigenvalue weighted by molar-refractivity contribution is -0.109. The number of rotatable bonds is 1. The fraction of sp³-hybridized carbons (Fsp3) is 0.286. The molecule has 106 valence electrons. The highest BCUT2D eigenvalue weighted by Crippen LogP contribution is 2.52. The van der Waals surface area contributed by atoms with E-state index in [4.69, 9.17) is 0 Å². The van der Waals surface area contributed by atoms with Gasteiger partial charge < -0.3 is 17.7 Å². The summed E-state index contributed by atoms with van der Waals surface area (Å²) >= 11 is 1.35. The van der Waals surface area contributed by atoms with Crippen molar-refractivity contribution < 1.29 is 17.2 Å². The SMILES string of the molecule is CC(=O)Sc1[s+]sc2c1-c1ccccc1NC2(C)C.[Cl-]. The molecule has 2 heterocycles. The largest absolute Gasteiger partial charge is 1.00 e. The summed E-state index contributed by atoms with van der Waals surface area (Å²) in [6, 6.07) is 8.32. The standard InChI is InChI=1S/C14H14NOS3.ClH/c1-8(16)17-13-11-9-6-4-5-7-10(9)15-14(2,3)12(11)18-19-13;/h4-7,15H,1-3H3;1H/q+1;/p-1. The molecule has 3 rings (SSSR count). The second kappa shape index (κ2) is 5.64. The van der Waals surface area contributed by atoms with Gasteiger partial charge in [-0.25, -0.2) is 0 Å². The molecule has 0 saturated carbocycles. The Morgan fingerprint density at radius 3 is 2.75 bits per heavy atom. The minimum atomic E-state index is -0.0829. The Morgan fingerprint density at radius 1 is 1.35 bits per heavy atom. The van der Waals surface area contributed by atoms with Crippen molar-refractivity contribution in [1.82, 2.24) is 0 Å². The van der Waals surface area contributed by atoms with E-state index in [9.17, 15) is 4.79 Å². The van der Waals surface area contributed by atoms with Crippen molar-refractivity contribution in [3.8, 4) is 11.1 Å². The molecule has 0 radical (unpaired) electrons. The second-order valence-electron chi connectivity index (χ2n) is 5.05. The third-order valence-electron chi connectivity index (χ3n) is 3.08. The number of carbonyl (C=O) groups is 1. The number of halogens is 1. The Morgan fingerprint density at radius 2 is 2.05 bits per heavy atom. The molecule has 0 amide bonds. The lowest BCUT2D eigenvalue weighted by Gasteiger charge is -2.31. The van der Waals surface area contributed by atoms with Crippen LogP contribution in [0.25, 0.3) is 11.1 Å². The lowest BCUT2D eigenvalue weighted by atomic mass is 9.90. The summed E-state index contributed by atoms with van der Waals surface area (Å²) in [5, 5.41) is 3.73. The Hall–Kier alpha value is -0.620. The minimum Gasteiger partial charge on any atom is -1.00 e. The normalized spacial score (nSPS) is 14.6. The number of benzene rings is 1. The van der Waals surface area contributed by atoms with Crippen LogP contribution in [0.15, 0.2) is 28.5 Å². The number of thioether (sulfide) groups is 1. The highest BCUT2D eigenvalue weighted by molar-refractivity contribution is 8.16. The van der Waals surface area contributed by atoms with Crippen molar-refractivity contribution in [2.45, 2.75) is 30.5 Å². The number of fused-ring (bicyclic) bond motifs is 3. The van der Waals surface area contributed by atoms with Crippen LogP contribution in [0.3, 0.4) is 0 Å². The Kier molecular flexibility index (Phi) is 4.44. The van der Waals surface area contributed by atoms with Crippen molar-refractivity contribution in [2.24, 2.45) is 0 Å². The molecule has 0 aliphatic carbocycles. The minimum absolute atomic E-state index is 0. The van der Waals surface area contributed by atoms with Gasteiger partial charge in [0.1, 0.15) is 4.88 Å². The molecular formula is C14H14ClNOS3. The topological polar surface area (TPSA) is 29.1 Å². The maximum Gasteiger partial charge on any atom is 0.309 e. The first-order chi connectivity index (χ1) is 8.99. The summed E-state index contributed by atoms with van der Waals surface area (Å²) in [7, 11) is 3.47. The third kappa shape index (κ3) is 2.60. The molecule has 0 unspecified atom stereocenters. The van der Waals surface area contributed by atoms with Crippen LogP contribution >= 0.6 is 32.4 Å². The number of anilines is 1. The molecule has 1 aromatic heterocycles. The van der Waals surface area contributed by atoms with Crippen LogP contribution < -0.4 is 17.7 Å². The molecule has 0 spiro atoms. The number of para-hydroxylation sites is 1. The van der Waals surface area contributed by atoms with Crippen molar-refractivity contribution in [1.29, 1.82) is 0 Å². The van der Waals surface area contributed by atoms with Gasteiger partial charge in [-0.2, -0.15) is 0 Å². The molecule has 2 nitrogen and oxygen atoms in total. The van der Waals surface area contributed by atoms with Gasteiger partial charge in [-0.15, -0.1) is 0 Å². The first-order valence-electron chi connectivity index (χ1n) is 6.01. The molecular weight excluding hydrogens is 330 g/mol. The van der Waals surface area contributed by atoms with E-state index in [1.807, 2.05) is 12.1 Å². The molecule has 0 fully saturated rings. The molecule has 1 aromatic carbocycles. The van der Waals surface area contributed by atoms with Crippen LogP contribution in [-0.4, -0.2) is 5.12 Å². The molecule has 1 N–H and O–H groups in total. The van der Waals surface area contributed by atoms with Gasteiger partial charge in [0.05, 0.1) is 11.1 Å². The quantitative estimate of drug-likeness (QED) is 0.488. The van der Waals surface area contributed by atoms with Gasteiger partial charge in [-0.3, -0.25) is 4.79 Å². The Labute approximate surface area is 136 Å². The number of carbonyl (C=O) groups excluding carboxylic acids is 1. The van der Waals surface area contributed by atoms with Gasteiger partial charge in [0, 0.05) is 29.9 Å². The number of hydrogen-bond donors (Lipinski definition) is 1. The number of nitrogens with one attached hydrogen (secondary N) is 1. The van der Waals surface area contributed by atoms with Gasteiger partial charge in [-0.05, 0) is 19.9 Å². The second-order valence-corrected chi connectivity index (χ2v) is 8.64. The van der Waals surface area contributed by atoms with E-state index >= 15 is 0 Å². The predicted octanol–water partition coefficient (Wildman–Crippen LogP) is 2.06. The van der Waals surface area contributed by atoms with Gasteiger partial charge in [0.25, 0.3) is 4.21 Å².